The van der Waals surface area contributed by atoms with Gasteiger partial charge in [0.25, 0.3) is 0 Å². The largest absolute Gasteiger partial charge is 0.486 e. The minimum absolute atomic E-state index is 0.0306. The van der Waals surface area contributed by atoms with Crippen molar-refractivity contribution in [2.24, 2.45) is 0 Å². The maximum Gasteiger partial charge on any atom is 0.230 e. The molecular weight excluding hydrogens is 329 g/mol. The highest BCUT2D eigenvalue weighted by molar-refractivity contribution is 8.00. The van der Waals surface area contributed by atoms with Gasteiger partial charge in [-0.2, -0.15) is 0 Å². The van der Waals surface area contributed by atoms with Crippen molar-refractivity contribution in [2.45, 2.75) is 11.3 Å². The van der Waals surface area contributed by atoms with E-state index in [2.05, 4.69) is 5.32 Å². The van der Waals surface area contributed by atoms with Crippen LogP contribution >= 0.6 is 11.8 Å². The van der Waals surface area contributed by atoms with Crippen molar-refractivity contribution in [2.75, 3.05) is 25.5 Å². The Bertz CT molecular complexity index is 706. The van der Waals surface area contributed by atoms with Crippen LogP contribution < -0.4 is 14.8 Å². The molecule has 0 saturated heterocycles. The zero-order chi connectivity index (χ0) is 16.8. The number of ether oxygens (including phenoxy) is 2. The molecule has 1 N–H and O–H groups in total. The molecule has 0 fully saturated rings. The summed E-state index contributed by atoms with van der Waals surface area (Å²) in [5, 5.41) is 2.87. The molecule has 0 aromatic heterocycles. The van der Waals surface area contributed by atoms with Gasteiger partial charge >= 0.3 is 0 Å². The number of fused-ring (bicyclic) bond motifs is 1. The first-order valence-corrected chi connectivity index (χ1v) is 8.73. The van der Waals surface area contributed by atoms with Gasteiger partial charge in [0.05, 0.1) is 5.75 Å². The van der Waals surface area contributed by atoms with Crippen LogP contribution in [0, 0.1) is 5.82 Å². The molecule has 6 heteroatoms. The summed E-state index contributed by atoms with van der Waals surface area (Å²) < 4.78 is 23.8. The van der Waals surface area contributed by atoms with E-state index in [9.17, 15) is 9.18 Å². The average molecular weight is 347 g/mol. The fraction of sp³-hybridized carbons (Fsp3) is 0.278. The lowest BCUT2D eigenvalue weighted by atomic mass is 10.1. The molecule has 2 aromatic carbocycles. The number of carbonyl (C=O) groups excluding carboxylic acids is 1. The Kier molecular flexibility index (Phi) is 5.59. The van der Waals surface area contributed by atoms with Crippen LogP contribution in [-0.2, 0) is 11.2 Å². The highest BCUT2D eigenvalue weighted by atomic mass is 32.2. The molecule has 0 unspecified atom stereocenters. The van der Waals surface area contributed by atoms with E-state index >= 15 is 0 Å². The molecule has 0 bridgehead atoms. The maximum atomic E-state index is 12.8. The molecular formula is C18H18FNO3S. The van der Waals surface area contributed by atoms with Crippen molar-refractivity contribution in [3.63, 3.8) is 0 Å². The zero-order valence-corrected chi connectivity index (χ0v) is 13.9. The van der Waals surface area contributed by atoms with Crippen LogP contribution in [0.1, 0.15) is 5.56 Å². The smallest absolute Gasteiger partial charge is 0.230 e. The summed E-state index contributed by atoms with van der Waals surface area (Å²) in [4.78, 5) is 12.9. The third-order valence-electron chi connectivity index (χ3n) is 3.53. The van der Waals surface area contributed by atoms with E-state index in [0.29, 0.717) is 31.9 Å². The highest BCUT2D eigenvalue weighted by Gasteiger charge is 2.12. The molecule has 3 rings (SSSR count). The lowest BCUT2D eigenvalue weighted by Crippen LogP contribution is -2.27. The topological polar surface area (TPSA) is 47.6 Å². The molecule has 2 aromatic rings. The van der Waals surface area contributed by atoms with Crippen LogP contribution in [0.25, 0.3) is 0 Å². The van der Waals surface area contributed by atoms with Crippen LogP contribution in [-0.4, -0.2) is 31.4 Å². The quantitative estimate of drug-likeness (QED) is 0.816. The van der Waals surface area contributed by atoms with E-state index in [-0.39, 0.29) is 11.7 Å². The maximum absolute atomic E-state index is 12.8. The molecule has 4 nitrogen and oxygen atoms in total. The second kappa shape index (κ2) is 8.06. The van der Waals surface area contributed by atoms with Gasteiger partial charge in [-0.3, -0.25) is 4.79 Å². The predicted octanol–water partition coefficient (Wildman–Crippen LogP) is 3.05. The van der Waals surface area contributed by atoms with E-state index in [0.717, 1.165) is 22.0 Å². The van der Waals surface area contributed by atoms with Crippen molar-refractivity contribution < 1.29 is 18.7 Å². The first-order chi connectivity index (χ1) is 11.7. The molecule has 0 atom stereocenters. The lowest BCUT2D eigenvalue weighted by Gasteiger charge is -2.18. The van der Waals surface area contributed by atoms with Crippen molar-refractivity contribution in [1.29, 1.82) is 0 Å². The SMILES string of the molecule is O=C(CSc1ccc2c(c1)OCCO2)NCCc1ccc(F)cc1. The Morgan fingerprint density at radius 1 is 1.08 bits per heavy atom. The Labute approximate surface area is 144 Å². The van der Waals surface area contributed by atoms with Crippen molar-refractivity contribution in [1.82, 2.24) is 5.32 Å². The fourth-order valence-electron chi connectivity index (χ4n) is 2.31. The number of amides is 1. The van der Waals surface area contributed by atoms with Crippen molar-refractivity contribution in [3.05, 3.63) is 53.8 Å². The predicted molar refractivity (Wildman–Crippen MR) is 91.3 cm³/mol. The number of thioether (sulfide) groups is 1. The van der Waals surface area contributed by atoms with Gasteiger partial charge in [-0.05, 0) is 42.3 Å². The molecule has 1 amide bonds. The Hall–Kier alpha value is -2.21. The van der Waals surface area contributed by atoms with Gasteiger partial charge in [0.1, 0.15) is 19.0 Å². The Balaban J connectivity index is 1.41. The summed E-state index contributed by atoms with van der Waals surface area (Å²) in [5.41, 5.74) is 0.996. The van der Waals surface area contributed by atoms with Gasteiger partial charge in [-0.25, -0.2) is 4.39 Å². The number of rotatable bonds is 6. The minimum Gasteiger partial charge on any atom is -0.486 e. The van der Waals surface area contributed by atoms with Crippen molar-refractivity contribution >= 4 is 17.7 Å². The van der Waals surface area contributed by atoms with E-state index < -0.39 is 0 Å². The van der Waals surface area contributed by atoms with Crippen LogP contribution in [0.3, 0.4) is 0 Å². The highest BCUT2D eigenvalue weighted by Crippen LogP contribution is 2.34. The second-order valence-corrected chi connectivity index (χ2v) is 6.37. The minimum atomic E-state index is -0.251. The third kappa shape index (κ3) is 4.64. The number of halogens is 1. The van der Waals surface area contributed by atoms with E-state index in [1.54, 1.807) is 12.1 Å². The van der Waals surface area contributed by atoms with E-state index in [4.69, 9.17) is 9.47 Å². The molecule has 0 spiro atoms. The molecule has 1 aliphatic rings. The monoisotopic (exact) mass is 347 g/mol. The number of carbonyl (C=O) groups is 1. The van der Waals surface area contributed by atoms with Crippen molar-refractivity contribution in [3.8, 4) is 11.5 Å². The van der Waals surface area contributed by atoms with Gasteiger partial charge in [0, 0.05) is 11.4 Å². The summed E-state index contributed by atoms with van der Waals surface area (Å²) in [6.07, 6.45) is 0.681. The first-order valence-electron chi connectivity index (χ1n) is 7.74. The second-order valence-electron chi connectivity index (χ2n) is 5.32. The standard InChI is InChI=1S/C18H18FNO3S/c19-14-3-1-13(2-4-14)7-8-20-18(21)12-24-15-5-6-16-17(11-15)23-10-9-22-16/h1-6,11H,7-10,12H2,(H,20,21). The van der Waals surface area contributed by atoms with Gasteiger partial charge in [0.2, 0.25) is 5.91 Å². The Morgan fingerprint density at radius 3 is 2.62 bits per heavy atom. The normalized spacial score (nSPS) is 12.7. The van der Waals surface area contributed by atoms with Gasteiger partial charge in [0.15, 0.2) is 11.5 Å². The fourth-order valence-corrected chi connectivity index (χ4v) is 3.07. The molecule has 24 heavy (non-hydrogen) atoms. The molecule has 126 valence electrons. The van der Waals surface area contributed by atoms with Gasteiger partial charge in [-0.15, -0.1) is 11.8 Å². The average Bonchev–Trinajstić information content (AvgIpc) is 2.61. The molecule has 0 radical (unpaired) electrons. The molecule has 1 heterocycles. The van der Waals surface area contributed by atoms with Crippen LogP contribution in [0.2, 0.25) is 0 Å². The summed E-state index contributed by atoms with van der Waals surface area (Å²) in [6.45, 7) is 1.65. The van der Waals surface area contributed by atoms with Crippen LogP contribution in [0.4, 0.5) is 4.39 Å². The third-order valence-corrected chi connectivity index (χ3v) is 4.53. The molecule has 0 aliphatic carbocycles. The number of hydrogen-bond donors (Lipinski definition) is 1. The van der Waals surface area contributed by atoms with E-state index in [1.807, 2.05) is 18.2 Å². The number of benzene rings is 2. The number of hydrogen-bond acceptors (Lipinski definition) is 4. The summed E-state index contributed by atoms with van der Waals surface area (Å²) in [6, 6.07) is 12.0. The summed E-state index contributed by atoms with van der Waals surface area (Å²) in [5.74, 6) is 1.52. The number of nitrogens with one attached hydrogen (secondary N) is 1. The van der Waals surface area contributed by atoms with Crippen LogP contribution in [0.5, 0.6) is 11.5 Å². The van der Waals surface area contributed by atoms with Gasteiger partial charge in [-0.1, -0.05) is 12.1 Å². The zero-order valence-electron chi connectivity index (χ0n) is 13.1. The van der Waals surface area contributed by atoms with Crippen LogP contribution in [0.15, 0.2) is 47.4 Å². The first kappa shape index (κ1) is 16.6. The van der Waals surface area contributed by atoms with E-state index in [1.165, 1.54) is 23.9 Å². The van der Waals surface area contributed by atoms with Gasteiger partial charge < -0.3 is 14.8 Å². The lowest BCUT2D eigenvalue weighted by molar-refractivity contribution is -0.118. The molecule has 1 aliphatic heterocycles. The Morgan fingerprint density at radius 2 is 1.83 bits per heavy atom. The summed E-state index contributed by atoms with van der Waals surface area (Å²) in [7, 11) is 0. The molecule has 0 saturated carbocycles. The summed E-state index contributed by atoms with van der Waals surface area (Å²) >= 11 is 1.45.